The van der Waals surface area contributed by atoms with Gasteiger partial charge in [0.15, 0.2) is 5.96 Å². The number of para-hydroxylation sites is 1. The first-order valence-corrected chi connectivity index (χ1v) is 9.03. The molecule has 0 aliphatic rings. The SMILES string of the molecule is CCOc1ccccc1CNC(=NC)NCCc1sc(C)nc1C. The number of nitrogens with zero attached hydrogens (tertiary/aromatic N) is 2. The number of guanidine groups is 1. The molecule has 24 heavy (non-hydrogen) atoms. The molecule has 2 rings (SSSR count). The van der Waals surface area contributed by atoms with Gasteiger partial charge in [-0.15, -0.1) is 11.3 Å². The Bertz CT molecular complexity index is 681. The summed E-state index contributed by atoms with van der Waals surface area (Å²) in [7, 11) is 1.78. The lowest BCUT2D eigenvalue weighted by atomic mass is 10.2. The molecule has 130 valence electrons. The van der Waals surface area contributed by atoms with Gasteiger partial charge in [0, 0.05) is 37.0 Å². The van der Waals surface area contributed by atoms with Gasteiger partial charge in [0.05, 0.1) is 17.3 Å². The van der Waals surface area contributed by atoms with E-state index in [0.717, 1.165) is 40.9 Å². The predicted octanol–water partition coefficient (Wildman–Crippen LogP) is 3.07. The van der Waals surface area contributed by atoms with E-state index in [1.165, 1.54) is 4.88 Å². The minimum absolute atomic E-state index is 0.664. The molecule has 0 saturated heterocycles. The summed E-state index contributed by atoms with van der Waals surface area (Å²) in [6.45, 7) is 8.27. The molecule has 0 fully saturated rings. The zero-order valence-electron chi connectivity index (χ0n) is 14.8. The molecule has 5 nitrogen and oxygen atoms in total. The molecule has 1 heterocycles. The Morgan fingerprint density at radius 2 is 2.04 bits per heavy atom. The van der Waals surface area contributed by atoms with Gasteiger partial charge in [-0.25, -0.2) is 4.98 Å². The molecular formula is C18H26N4OS. The van der Waals surface area contributed by atoms with Gasteiger partial charge in [-0.3, -0.25) is 4.99 Å². The average Bonchev–Trinajstić information content (AvgIpc) is 2.90. The van der Waals surface area contributed by atoms with Crippen LogP contribution in [0.5, 0.6) is 5.75 Å². The van der Waals surface area contributed by atoms with Gasteiger partial charge in [-0.05, 0) is 26.8 Å². The Morgan fingerprint density at radius 3 is 2.71 bits per heavy atom. The first kappa shape index (κ1) is 18.3. The van der Waals surface area contributed by atoms with Crippen molar-refractivity contribution in [1.82, 2.24) is 15.6 Å². The molecule has 0 amide bonds. The van der Waals surface area contributed by atoms with Crippen LogP contribution in [-0.4, -0.2) is 31.1 Å². The normalized spacial score (nSPS) is 11.4. The van der Waals surface area contributed by atoms with Gasteiger partial charge >= 0.3 is 0 Å². The van der Waals surface area contributed by atoms with E-state index in [1.807, 2.05) is 32.0 Å². The van der Waals surface area contributed by atoms with Crippen LogP contribution in [0.25, 0.3) is 0 Å². The average molecular weight is 347 g/mol. The van der Waals surface area contributed by atoms with Crippen molar-refractivity contribution in [3.8, 4) is 5.75 Å². The van der Waals surface area contributed by atoms with Crippen LogP contribution >= 0.6 is 11.3 Å². The van der Waals surface area contributed by atoms with Gasteiger partial charge in [0.1, 0.15) is 5.75 Å². The maximum Gasteiger partial charge on any atom is 0.191 e. The number of aryl methyl sites for hydroxylation is 2. The van der Waals surface area contributed by atoms with Crippen molar-refractivity contribution in [2.45, 2.75) is 33.7 Å². The van der Waals surface area contributed by atoms with Crippen LogP contribution in [0.3, 0.4) is 0 Å². The highest BCUT2D eigenvalue weighted by Crippen LogP contribution is 2.18. The summed E-state index contributed by atoms with van der Waals surface area (Å²) < 4.78 is 5.65. The van der Waals surface area contributed by atoms with E-state index in [9.17, 15) is 0 Å². The lowest BCUT2D eigenvalue weighted by Crippen LogP contribution is -2.37. The highest BCUT2D eigenvalue weighted by atomic mass is 32.1. The molecule has 0 spiro atoms. The minimum atomic E-state index is 0.664. The molecule has 6 heteroatoms. The van der Waals surface area contributed by atoms with Crippen LogP contribution in [0.2, 0.25) is 0 Å². The zero-order valence-corrected chi connectivity index (χ0v) is 15.7. The molecular weight excluding hydrogens is 320 g/mol. The van der Waals surface area contributed by atoms with Gasteiger partial charge in [-0.2, -0.15) is 0 Å². The van der Waals surface area contributed by atoms with Gasteiger partial charge in [0.2, 0.25) is 0 Å². The number of hydrogen-bond donors (Lipinski definition) is 2. The van der Waals surface area contributed by atoms with Gasteiger partial charge < -0.3 is 15.4 Å². The van der Waals surface area contributed by atoms with E-state index in [-0.39, 0.29) is 0 Å². The highest BCUT2D eigenvalue weighted by Gasteiger charge is 2.06. The third-order valence-electron chi connectivity index (χ3n) is 3.59. The minimum Gasteiger partial charge on any atom is -0.494 e. The fourth-order valence-electron chi connectivity index (χ4n) is 2.45. The highest BCUT2D eigenvalue weighted by molar-refractivity contribution is 7.11. The number of ether oxygens (including phenoxy) is 1. The molecule has 0 aliphatic heterocycles. The Balaban J connectivity index is 1.83. The zero-order chi connectivity index (χ0) is 17.4. The van der Waals surface area contributed by atoms with Crippen molar-refractivity contribution in [3.63, 3.8) is 0 Å². The third kappa shape index (κ3) is 5.23. The van der Waals surface area contributed by atoms with Crippen LogP contribution in [0.1, 0.15) is 28.1 Å². The standard InChI is InChI=1S/C18H26N4OS/c1-5-23-16-9-7-6-8-15(16)12-21-18(19-4)20-11-10-17-13(2)22-14(3)24-17/h6-9H,5,10-12H2,1-4H3,(H2,19,20,21). The van der Waals surface area contributed by atoms with Crippen LogP contribution < -0.4 is 15.4 Å². The van der Waals surface area contributed by atoms with E-state index < -0.39 is 0 Å². The van der Waals surface area contributed by atoms with E-state index in [4.69, 9.17) is 4.74 Å². The van der Waals surface area contributed by atoms with Crippen molar-refractivity contribution in [2.75, 3.05) is 20.2 Å². The van der Waals surface area contributed by atoms with Crippen LogP contribution in [-0.2, 0) is 13.0 Å². The van der Waals surface area contributed by atoms with E-state index in [0.29, 0.717) is 13.2 Å². The van der Waals surface area contributed by atoms with Gasteiger partial charge in [-0.1, -0.05) is 18.2 Å². The monoisotopic (exact) mass is 346 g/mol. The molecule has 1 aromatic carbocycles. The van der Waals surface area contributed by atoms with E-state index in [2.05, 4.69) is 33.6 Å². The summed E-state index contributed by atoms with van der Waals surface area (Å²) in [5, 5.41) is 7.81. The fraction of sp³-hybridized carbons (Fsp3) is 0.444. The molecule has 0 aliphatic carbocycles. The largest absolute Gasteiger partial charge is 0.494 e. The summed E-state index contributed by atoms with van der Waals surface area (Å²) in [5.74, 6) is 1.71. The van der Waals surface area contributed by atoms with Crippen molar-refractivity contribution in [3.05, 3.63) is 45.4 Å². The topological polar surface area (TPSA) is 58.5 Å². The van der Waals surface area contributed by atoms with Gasteiger partial charge in [0.25, 0.3) is 0 Å². The number of nitrogens with one attached hydrogen (secondary N) is 2. The van der Waals surface area contributed by atoms with Crippen LogP contribution in [0.4, 0.5) is 0 Å². The molecule has 0 saturated carbocycles. The summed E-state index contributed by atoms with van der Waals surface area (Å²) >= 11 is 1.76. The second-order valence-electron chi connectivity index (χ2n) is 5.38. The summed E-state index contributed by atoms with van der Waals surface area (Å²) in [6, 6.07) is 8.06. The van der Waals surface area contributed by atoms with E-state index in [1.54, 1.807) is 18.4 Å². The summed E-state index contributed by atoms with van der Waals surface area (Å²) in [5.41, 5.74) is 2.25. The first-order valence-electron chi connectivity index (χ1n) is 8.22. The van der Waals surface area contributed by atoms with Crippen molar-refractivity contribution >= 4 is 17.3 Å². The van der Waals surface area contributed by atoms with Crippen molar-refractivity contribution < 1.29 is 4.74 Å². The number of benzene rings is 1. The van der Waals surface area contributed by atoms with Crippen LogP contribution in [0.15, 0.2) is 29.3 Å². The second kappa shape index (κ2) is 9.27. The number of thiazole rings is 1. The molecule has 0 radical (unpaired) electrons. The number of aliphatic imine (C=N–C) groups is 1. The Hall–Kier alpha value is -2.08. The molecule has 0 atom stereocenters. The second-order valence-corrected chi connectivity index (χ2v) is 6.67. The lowest BCUT2D eigenvalue weighted by Gasteiger charge is -2.14. The predicted molar refractivity (Wildman–Crippen MR) is 101 cm³/mol. The Kier molecular flexibility index (Phi) is 7.06. The fourth-order valence-corrected chi connectivity index (χ4v) is 3.38. The maximum atomic E-state index is 5.65. The quantitative estimate of drug-likeness (QED) is 0.597. The molecule has 2 N–H and O–H groups in total. The molecule has 0 unspecified atom stereocenters. The first-order chi connectivity index (χ1) is 11.6. The molecule has 0 bridgehead atoms. The maximum absolute atomic E-state index is 5.65. The Morgan fingerprint density at radius 1 is 1.25 bits per heavy atom. The van der Waals surface area contributed by atoms with E-state index >= 15 is 0 Å². The van der Waals surface area contributed by atoms with Crippen LogP contribution in [0, 0.1) is 13.8 Å². The Labute approximate surface area is 148 Å². The third-order valence-corrected chi connectivity index (χ3v) is 4.72. The van der Waals surface area contributed by atoms with Crippen molar-refractivity contribution in [1.29, 1.82) is 0 Å². The van der Waals surface area contributed by atoms with Crippen molar-refractivity contribution in [2.24, 2.45) is 4.99 Å². The lowest BCUT2D eigenvalue weighted by molar-refractivity contribution is 0.336. The molecule has 1 aromatic heterocycles. The molecule has 2 aromatic rings. The number of hydrogen-bond acceptors (Lipinski definition) is 4. The summed E-state index contributed by atoms with van der Waals surface area (Å²) in [4.78, 5) is 10.1. The number of rotatable bonds is 7. The number of aromatic nitrogens is 1. The smallest absolute Gasteiger partial charge is 0.191 e. The summed E-state index contributed by atoms with van der Waals surface area (Å²) in [6.07, 6.45) is 0.952.